The molecule has 0 aliphatic carbocycles. The molecule has 1 aliphatic rings. The molecule has 0 aromatic heterocycles. The van der Waals surface area contributed by atoms with E-state index in [-0.39, 0.29) is 6.10 Å². The highest BCUT2D eigenvalue weighted by molar-refractivity contribution is 5.26. The molecule has 0 bridgehead atoms. The summed E-state index contributed by atoms with van der Waals surface area (Å²) in [6.07, 6.45) is 0.244. The van der Waals surface area contributed by atoms with Gasteiger partial charge in [-0.2, -0.15) is 0 Å². The van der Waals surface area contributed by atoms with Crippen molar-refractivity contribution >= 4 is 0 Å². The third-order valence-corrected chi connectivity index (χ3v) is 3.92. The molecular weight excluding hydrogens is 254 g/mol. The molecule has 1 aromatic carbocycles. The molecule has 1 fully saturated rings. The Morgan fingerprint density at radius 2 is 2.00 bits per heavy atom. The number of ether oxygens (including phenoxy) is 1. The van der Waals surface area contributed by atoms with Crippen molar-refractivity contribution in [3.05, 3.63) is 29.8 Å². The van der Waals surface area contributed by atoms with Crippen LogP contribution in [0.5, 0.6) is 5.75 Å². The summed E-state index contributed by atoms with van der Waals surface area (Å²) in [5, 5.41) is 19.6. The van der Waals surface area contributed by atoms with Crippen molar-refractivity contribution < 1.29 is 14.9 Å². The van der Waals surface area contributed by atoms with Crippen molar-refractivity contribution in [2.24, 2.45) is 5.92 Å². The summed E-state index contributed by atoms with van der Waals surface area (Å²) in [6, 6.07) is 7.83. The van der Waals surface area contributed by atoms with Crippen molar-refractivity contribution in [2.45, 2.75) is 32.5 Å². The molecule has 1 aromatic rings. The smallest absolute Gasteiger partial charge is 0.119 e. The first-order valence-electron chi connectivity index (χ1n) is 7.32. The molecule has 4 heteroatoms. The van der Waals surface area contributed by atoms with E-state index in [0.717, 1.165) is 25.3 Å². The lowest BCUT2D eigenvalue weighted by Crippen LogP contribution is -2.35. The highest BCUT2D eigenvalue weighted by Gasteiger charge is 2.27. The molecule has 0 spiro atoms. The zero-order chi connectivity index (χ0) is 14.5. The van der Waals surface area contributed by atoms with Crippen LogP contribution in [0.25, 0.3) is 0 Å². The Kier molecular flexibility index (Phi) is 5.40. The van der Waals surface area contributed by atoms with Gasteiger partial charge in [-0.15, -0.1) is 0 Å². The summed E-state index contributed by atoms with van der Waals surface area (Å²) in [6.45, 7) is 6.58. The standard InChI is InChI=1S/C16H25NO3/c1-12-3-5-16(6-4-12)20-11-15(19)10-17-8-7-14(9-17)13(2)18/h3-6,13-15,18-19H,7-11H2,1-2H3. The van der Waals surface area contributed by atoms with Crippen LogP contribution in [0.3, 0.4) is 0 Å². The number of hydrogen-bond acceptors (Lipinski definition) is 4. The quantitative estimate of drug-likeness (QED) is 0.827. The molecule has 0 amide bonds. The zero-order valence-corrected chi connectivity index (χ0v) is 12.3. The van der Waals surface area contributed by atoms with Crippen molar-refractivity contribution in [2.75, 3.05) is 26.2 Å². The Morgan fingerprint density at radius 1 is 1.30 bits per heavy atom. The third kappa shape index (κ3) is 4.47. The van der Waals surface area contributed by atoms with Gasteiger partial charge in [0.1, 0.15) is 18.5 Å². The maximum absolute atomic E-state index is 10.0. The number of likely N-dealkylation sites (tertiary alicyclic amines) is 1. The molecule has 4 nitrogen and oxygen atoms in total. The van der Waals surface area contributed by atoms with E-state index in [2.05, 4.69) is 4.90 Å². The molecule has 20 heavy (non-hydrogen) atoms. The normalized spacial score (nSPS) is 22.7. The Labute approximate surface area is 121 Å². The Morgan fingerprint density at radius 3 is 2.60 bits per heavy atom. The molecule has 0 radical (unpaired) electrons. The van der Waals surface area contributed by atoms with Crippen molar-refractivity contribution in [3.8, 4) is 5.75 Å². The van der Waals surface area contributed by atoms with Gasteiger partial charge < -0.3 is 19.8 Å². The summed E-state index contributed by atoms with van der Waals surface area (Å²) >= 11 is 0. The molecular formula is C16H25NO3. The lowest BCUT2D eigenvalue weighted by molar-refractivity contribution is 0.0696. The van der Waals surface area contributed by atoms with Gasteiger partial charge in [0.05, 0.1) is 6.10 Å². The number of nitrogens with zero attached hydrogens (tertiary/aromatic N) is 1. The lowest BCUT2D eigenvalue weighted by Gasteiger charge is -2.21. The maximum Gasteiger partial charge on any atom is 0.119 e. The van der Waals surface area contributed by atoms with Crippen molar-refractivity contribution in [1.82, 2.24) is 4.90 Å². The summed E-state index contributed by atoms with van der Waals surface area (Å²) in [4.78, 5) is 2.19. The van der Waals surface area contributed by atoms with E-state index < -0.39 is 6.10 Å². The van der Waals surface area contributed by atoms with Gasteiger partial charge in [-0.3, -0.25) is 0 Å². The minimum atomic E-state index is -0.496. The molecule has 0 saturated carbocycles. The van der Waals surface area contributed by atoms with Crippen LogP contribution in [0.15, 0.2) is 24.3 Å². The van der Waals surface area contributed by atoms with Gasteiger partial charge in [-0.05, 0) is 44.9 Å². The second-order valence-electron chi connectivity index (χ2n) is 5.83. The number of aliphatic hydroxyl groups excluding tert-OH is 2. The van der Waals surface area contributed by atoms with Crippen LogP contribution >= 0.6 is 0 Å². The third-order valence-electron chi connectivity index (χ3n) is 3.92. The molecule has 1 aliphatic heterocycles. The minimum absolute atomic E-state index is 0.263. The van der Waals surface area contributed by atoms with E-state index >= 15 is 0 Å². The first kappa shape index (κ1) is 15.3. The van der Waals surface area contributed by atoms with Crippen molar-refractivity contribution in [1.29, 1.82) is 0 Å². The molecule has 2 rings (SSSR count). The maximum atomic E-state index is 10.0. The first-order valence-corrected chi connectivity index (χ1v) is 7.32. The highest BCUT2D eigenvalue weighted by Crippen LogP contribution is 2.19. The van der Waals surface area contributed by atoms with E-state index in [1.165, 1.54) is 5.56 Å². The number of hydrogen-bond donors (Lipinski definition) is 2. The Balaban J connectivity index is 1.70. The fourth-order valence-electron chi connectivity index (χ4n) is 2.60. The van der Waals surface area contributed by atoms with Gasteiger partial charge in [0.25, 0.3) is 0 Å². The average molecular weight is 279 g/mol. The summed E-state index contributed by atoms with van der Waals surface area (Å²) in [5.74, 6) is 1.12. The largest absolute Gasteiger partial charge is 0.491 e. The molecule has 3 unspecified atom stereocenters. The van der Waals surface area contributed by atoms with E-state index in [9.17, 15) is 10.2 Å². The van der Waals surface area contributed by atoms with Crippen LogP contribution in [0, 0.1) is 12.8 Å². The highest BCUT2D eigenvalue weighted by atomic mass is 16.5. The molecule has 112 valence electrons. The molecule has 1 saturated heterocycles. The lowest BCUT2D eigenvalue weighted by atomic mass is 10.0. The fraction of sp³-hybridized carbons (Fsp3) is 0.625. The van der Waals surface area contributed by atoms with Crippen LogP contribution < -0.4 is 4.74 Å². The number of aliphatic hydroxyl groups is 2. The van der Waals surface area contributed by atoms with Crippen molar-refractivity contribution in [3.63, 3.8) is 0 Å². The van der Waals surface area contributed by atoms with Gasteiger partial charge in [0.15, 0.2) is 0 Å². The van der Waals surface area contributed by atoms with E-state index in [0.29, 0.717) is 19.1 Å². The van der Waals surface area contributed by atoms with Gasteiger partial charge in [0, 0.05) is 13.1 Å². The monoisotopic (exact) mass is 279 g/mol. The predicted molar refractivity (Wildman–Crippen MR) is 78.9 cm³/mol. The Hall–Kier alpha value is -1.10. The predicted octanol–water partition coefficient (Wildman–Crippen LogP) is 1.44. The zero-order valence-electron chi connectivity index (χ0n) is 12.3. The fourth-order valence-corrected chi connectivity index (χ4v) is 2.60. The topological polar surface area (TPSA) is 52.9 Å². The van der Waals surface area contributed by atoms with Gasteiger partial charge in [-0.1, -0.05) is 17.7 Å². The van der Waals surface area contributed by atoms with Gasteiger partial charge in [0.2, 0.25) is 0 Å². The molecule has 2 N–H and O–H groups in total. The summed E-state index contributed by atoms with van der Waals surface area (Å²) in [7, 11) is 0. The van der Waals surface area contributed by atoms with Crippen LogP contribution in [0.4, 0.5) is 0 Å². The van der Waals surface area contributed by atoms with E-state index in [1.54, 1.807) is 0 Å². The Bertz CT molecular complexity index is 405. The molecule has 1 heterocycles. The number of benzene rings is 1. The SMILES string of the molecule is Cc1ccc(OCC(O)CN2CCC(C(C)O)C2)cc1. The number of β-amino-alcohol motifs (C(OH)–C–C–N with tert-alkyl or cyclic N) is 1. The number of rotatable bonds is 6. The minimum Gasteiger partial charge on any atom is -0.491 e. The van der Waals surface area contributed by atoms with Crippen LogP contribution in [0.2, 0.25) is 0 Å². The van der Waals surface area contributed by atoms with E-state index in [4.69, 9.17) is 4.74 Å². The summed E-state index contributed by atoms with van der Waals surface area (Å²) < 4.78 is 5.58. The molecule has 3 atom stereocenters. The second-order valence-corrected chi connectivity index (χ2v) is 5.83. The number of aryl methyl sites for hydroxylation is 1. The summed E-state index contributed by atoms with van der Waals surface area (Å²) in [5.41, 5.74) is 1.19. The second kappa shape index (κ2) is 7.07. The van der Waals surface area contributed by atoms with Gasteiger partial charge >= 0.3 is 0 Å². The van der Waals surface area contributed by atoms with Gasteiger partial charge in [-0.25, -0.2) is 0 Å². The first-order chi connectivity index (χ1) is 9.54. The van der Waals surface area contributed by atoms with Crippen LogP contribution in [-0.4, -0.2) is 53.6 Å². The van der Waals surface area contributed by atoms with E-state index in [1.807, 2.05) is 38.1 Å². The van der Waals surface area contributed by atoms with Crippen LogP contribution in [0.1, 0.15) is 18.9 Å². The average Bonchev–Trinajstić information content (AvgIpc) is 2.87. The van der Waals surface area contributed by atoms with Crippen LogP contribution in [-0.2, 0) is 0 Å².